The van der Waals surface area contributed by atoms with Crippen molar-refractivity contribution in [3.05, 3.63) is 78.0 Å². The largest absolute Gasteiger partial charge is 0.497 e. The first-order valence-electron chi connectivity index (χ1n) is 10.2. The standard InChI is InChI=1S/C24H26N2O4/c1-28-20-11-9-18(10-12-20)14-22-15-25-24(30-22)19-6-5-13-26(16-19)23(27)17-29-21-7-3-2-4-8-21/h2-4,7-12,15,19H,5-6,13-14,16-17H2,1H3. The molecule has 0 aliphatic carbocycles. The van der Waals surface area contributed by atoms with E-state index in [1.54, 1.807) is 13.3 Å². The fraction of sp³-hybridized carbons (Fsp3) is 0.333. The number of hydrogen-bond acceptors (Lipinski definition) is 5. The number of piperidine rings is 1. The number of amides is 1. The Morgan fingerprint density at radius 1 is 1.13 bits per heavy atom. The van der Waals surface area contributed by atoms with Crippen molar-refractivity contribution >= 4 is 5.91 Å². The fourth-order valence-corrected chi connectivity index (χ4v) is 3.70. The lowest BCUT2D eigenvalue weighted by atomic mass is 9.98. The molecule has 2 aromatic carbocycles. The molecule has 1 aliphatic rings. The van der Waals surface area contributed by atoms with Gasteiger partial charge in [0.15, 0.2) is 12.5 Å². The van der Waals surface area contributed by atoms with Gasteiger partial charge in [-0.05, 0) is 42.7 Å². The van der Waals surface area contributed by atoms with Crippen LogP contribution in [0.25, 0.3) is 0 Å². The number of hydrogen-bond donors (Lipinski definition) is 0. The molecule has 1 aliphatic heterocycles. The summed E-state index contributed by atoms with van der Waals surface area (Å²) in [6.07, 6.45) is 4.36. The molecule has 1 aromatic heterocycles. The van der Waals surface area contributed by atoms with Crippen LogP contribution in [0, 0.1) is 0 Å². The summed E-state index contributed by atoms with van der Waals surface area (Å²) in [6, 6.07) is 17.3. The summed E-state index contributed by atoms with van der Waals surface area (Å²) in [4.78, 5) is 18.9. The molecule has 1 saturated heterocycles. The number of methoxy groups -OCH3 is 1. The van der Waals surface area contributed by atoms with Crippen molar-refractivity contribution in [1.82, 2.24) is 9.88 Å². The Kier molecular flexibility index (Phi) is 6.32. The summed E-state index contributed by atoms with van der Waals surface area (Å²) in [5.41, 5.74) is 1.14. The zero-order valence-electron chi connectivity index (χ0n) is 17.1. The van der Waals surface area contributed by atoms with Crippen LogP contribution in [0.2, 0.25) is 0 Å². The lowest BCUT2D eigenvalue weighted by Gasteiger charge is -2.31. The summed E-state index contributed by atoms with van der Waals surface area (Å²) < 4.78 is 16.8. The second-order valence-electron chi connectivity index (χ2n) is 7.47. The fourth-order valence-electron chi connectivity index (χ4n) is 3.70. The molecule has 1 fully saturated rings. The third-order valence-corrected chi connectivity index (χ3v) is 5.34. The molecule has 0 radical (unpaired) electrons. The molecule has 1 atom stereocenters. The predicted octanol–water partition coefficient (Wildman–Crippen LogP) is 4.06. The van der Waals surface area contributed by atoms with Gasteiger partial charge in [-0.1, -0.05) is 30.3 Å². The molecular formula is C24H26N2O4. The average Bonchev–Trinajstić information content (AvgIpc) is 3.27. The Labute approximate surface area is 176 Å². The number of oxazole rings is 1. The lowest BCUT2D eigenvalue weighted by molar-refractivity contribution is -0.134. The molecule has 0 spiro atoms. The average molecular weight is 406 g/mol. The molecule has 0 bridgehead atoms. The van der Waals surface area contributed by atoms with Gasteiger partial charge in [0.2, 0.25) is 0 Å². The van der Waals surface area contributed by atoms with Crippen LogP contribution < -0.4 is 9.47 Å². The summed E-state index contributed by atoms with van der Waals surface area (Å²) in [5.74, 6) is 3.18. The van der Waals surface area contributed by atoms with E-state index in [4.69, 9.17) is 13.9 Å². The summed E-state index contributed by atoms with van der Waals surface area (Å²) in [5, 5.41) is 0. The first-order chi connectivity index (χ1) is 14.7. The van der Waals surface area contributed by atoms with Gasteiger partial charge < -0.3 is 18.8 Å². The molecule has 0 N–H and O–H groups in total. The van der Waals surface area contributed by atoms with E-state index in [0.717, 1.165) is 36.5 Å². The molecule has 1 amide bonds. The van der Waals surface area contributed by atoms with Crippen LogP contribution in [0.1, 0.15) is 36.0 Å². The third kappa shape index (κ3) is 5.00. The van der Waals surface area contributed by atoms with E-state index in [2.05, 4.69) is 4.98 Å². The zero-order chi connectivity index (χ0) is 20.8. The van der Waals surface area contributed by atoms with Crippen molar-refractivity contribution in [2.24, 2.45) is 0 Å². The highest BCUT2D eigenvalue weighted by molar-refractivity contribution is 5.78. The minimum atomic E-state index is -0.00596. The first kappa shape index (κ1) is 20.0. The molecule has 1 unspecified atom stereocenters. The Balaban J connectivity index is 1.33. The van der Waals surface area contributed by atoms with Crippen molar-refractivity contribution in [3.8, 4) is 11.5 Å². The summed E-state index contributed by atoms with van der Waals surface area (Å²) in [7, 11) is 1.66. The van der Waals surface area contributed by atoms with E-state index < -0.39 is 0 Å². The molecular weight excluding hydrogens is 380 g/mol. The Morgan fingerprint density at radius 3 is 2.70 bits per heavy atom. The van der Waals surface area contributed by atoms with Crippen LogP contribution >= 0.6 is 0 Å². The van der Waals surface area contributed by atoms with Crippen LogP contribution in [0.5, 0.6) is 11.5 Å². The zero-order valence-corrected chi connectivity index (χ0v) is 17.1. The predicted molar refractivity (Wildman–Crippen MR) is 113 cm³/mol. The van der Waals surface area contributed by atoms with Gasteiger partial charge in [0.05, 0.1) is 19.2 Å². The SMILES string of the molecule is COc1ccc(Cc2cnc(C3CCCN(C(=O)COc4ccccc4)C3)o2)cc1. The van der Waals surface area contributed by atoms with Crippen LogP contribution in [-0.4, -0.2) is 42.6 Å². The maximum atomic E-state index is 12.6. The minimum Gasteiger partial charge on any atom is -0.497 e. The molecule has 6 heteroatoms. The van der Waals surface area contributed by atoms with Crippen molar-refractivity contribution in [2.45, 2.75) is 25.2 Å². The number of benzene rings is 2. The highest BCUT2D eigenvalue weighted by atomic mass is 16.5. The summed E-state index contributed by atoms with van der Waals surface area (Å²) >= 11 is 0. The third-order valence-electron chi connectivity index (χ3n) is 5.34. The normalized spacial score (nSPS) is 16.3. The van der Waals surface area contributed by atoms with E-state index in [1.807, 2.05) is 59.5 Å². The lowest BCUT2D eigenvalue weighted by Crippen LogP contribution is -2.41. The Morgan fingerprint density at radius 2 is 1.93 bits per heavy atom. The van der Waals surface area contributed by atoms with Crippen LogP contribution in [0.4, 0.5) is 0 Å². The molecule has 30 heavy (non-hydrogen) atoms. The molecule has 6 nitrogen and oxygen atoms in total. The van der Waals surface area contributed by atoms with Crippen molar-refractivity contribution in [3.63, 3.8) is 0 Å². The van der Waals surface area contributed by atoms with Crippen molar-refractivity contribution < 1.29 is 18.7 Å². The van der Waals surface area contributed by atoms with E-state index in [9.17, 15) is 4.79 Å². The smallest absolute Gasteiger partial charge is 0.260 e. The number of carbonyl (C=O) groups is 1. The highest BCUT2D eigenvalue weighted by Gasteiger charge is 2.28. The molecule has 3 aromatic rings. The monoisotopic (exact) mass is 406 g/mol. The number of carbonyl (C=O) groups excluding carboxylic acids is 1. The molecule has 2 heterocycles. The number of aromatic nitrogens is 1. The number of likely N-dealkylation sites (tertiary alicyclic amines) is 1. The summed E-state index contributed by atoms with van der Waals surface area (Å²) in [6.45, 7) is 1.40. The van der Waals surface area contributed by atoms with E-state index in [0.29, 0.717) is 24.6 Å². The van der Waals surface area contributed by atoms with Gasteiger partial charge in [-0.2, -0.15) is 0 Å². The number of rotatable bonds is 7. The van der Waals surface area contributed by atoms with Crippen LogP contribution in [0.15, 0.2) is 65.2 Å². The van der Waals surface area contributed by atoms with E-state index >= 15 is 0 Å². The topological polar surface area (TPSA) is 64.8 Å². The van der Waals surface area contributed by atoms with Gasteiger partial charge in [0.1, 0.15) is 17.3 Å². The van der Waals surface area contributed by atoms with Crippen LogP contribution in [-0.2, 0) is 11.2 Å². The van der Waals surface area contributed by atoms with Gasteiger partial charge in [0.25, 0.3) is 5.91 Å². The van der Waals surface area contributed by atoms with Gasteiger partial charge in [0, 0.05) is 19.5 Å². The maximum Gasteiger partial charge on any atom is 0.260 e. The number of para-hydroxylation sites is 1. The quantitative estimate of drug-likeness (QED) is 0.592. The Bertz CT molecular complexity index is 953. The van der Waals surface area contributed by atoms with Gasteiger partial charge in [-0.3, -0.25) is 4.79 Å². The molecule has 0 saturated carbocycles. The highest BCUT2D eigenvalue weighted by Crippen LogP contribution is 2.27. The molecule has 156 valence electrons. The maximum absolute atomic E-state index is 12.6. The molecule has 4 rings (SSSR count). The van der Waals surface area contributed by atoms with Crippen LogP contribution in [0.3, 0.4) is 0 Å². The van der Waals surface area contributed by atoms with Crippen molar-refractivity contribution in [2.75, 3.05) is 26.8 Å². The number of ether oxygens (including phenoxy) is 2. The van der Waals surface area contributed by atoms with E-state index in [-0.39, 0.29) is 18.4 Å². The van der Waals surface area contributed by atoms with Gasteiger partial charge >= 0.3 is 0 Å². The second kappa shape index (κ2) is 9.48. The van der Waals surface area contributed by atoms with Crippen molar-refractivity contribution in [1.29, 1.82) is 0 Å². The first-order valence-corrected chi connectivity index (χ1v) is 10.2. The van der Waals surface area contributed by atoms with Gasteiger partial charge in [-0.25, -0.2) is 4.98 Å². The Hall–Kier alpha value is -3.28. The minimum absolute atomic E-state index is 0.00596. The second-order valence-corrected chi connectivity index (χ2v) is 7.47. The van der Waals surface area contributed by atoms with Gasteiger partial charge in [-0.15, -0.1) is 0 Å². The van der Waals surface area contributed by atoms with E-state index in [1.165, 1.54) is 0 Å². The number of nitrogens with zero attached hydrogens (tertiary/aromatic N) is 2.